The number of hydrogen-bond acceptors (Lipinski definition) is 3. The molecule has 1 amide bonds. The van der Waals surface area contributed by atoms with E-state index in [9.17, 15) is 4.79 Å². The maximum atomic E-state index is 12.8. The van der Waals surface area contributed by atoms with E-state index in [0.29, 0.717) is 5.92 Å². The molecule has 2 aromatic rings. The zero-order valence-corrected chi connectivity index (χ0v) is 14.8. The molecular formula is C17H23Cl2N3O. The lowest BCUT2D eigenvalue weighted by Gasteiger charge is -2.33. The van der Waals surface area contributed by atoms with Crippen molar-refractivity contribution in [1.29, 1.82) is 0 Å². The fourth-order valence-corrected chi connectivity index (χ4v) is 3.15. The Labute approximate surface area is 149 Å². The fraction of sp³-hybridized carbons (Fsp3) is 0.412. The van der Waals surface area contributed by atoms with Gasteiger partial charge in [-0.2, -0.15) is 0 Å². The normalized spacial score (nSPS) is 17.3. The molecule has 1 aliphatic heterocycles. The number of pyridine rings is 1. The van der Waals surface area contributed by atoms with Crippen LogP contribution in [0.25, 0.3) is 10.9 Å². The van der Waals surface area contributed by atoms with Gasteiger partial charge in [-0.25, -0.2) is 0 Å². The van der Waals surface area contributed by atoms with Crippen LogP contribution in [0.5, 0.6) is 0 Å². The summed E-state index contributed by atoms with van der Waals surface area (Å²) in [5, 5.41) is 4.24. The highest BCUT2D eigenvalue weighted by Crippen LogP contribution is 2.22. The van der Waals surface area contributed by atoms with Gasteiger partial charge in [-0.05, 0) is 44.5 Å². The molecule has 1 aliphatic rings. The Bertz CT molecular complexity index is 643. The molecule has 23 heavy (non-hydrogen) atoms. The summed E-state index contributed by atoms with van der Waals surface area (Å²) < 4.78 is 0. The number of halogens is 2. The SMILES string of the molecule is CNCC1CCCN(C(=O)c2cccc3cccnc23)C1.Cl.Cl. The second kappa shape index (κ2) is 9.06. The van der Waals surface area contributed by atoms with Gasteiger partial charge in [0.1, 0.15) is 0 Å². The first-order chi connectivity index (χ1) is 10.3. The predicted molar refractivity (Wildman–Crippen MR) is 98.8 cm³/mol. The molecule has 3 rings (SSSR count). The number of nitrogens with zero attached hydrogens (tertiary/aromatic N) is 2. The van der Waals surface area contributed by atoms with Crippen molar-refractivity contribution in [1.82, 2.24) is 15.2 Å². The highest BCUT2D eigenvalue weighted by atomic mass is 35.5. The van der Waals surface area contributed by atoms with Crippen LogP contribution in [0, 0.1) is 5.92 Å². The van der Waals surface area contributed by atoms with E-state index >= 15 is 0 Å². The lowest BCUT2D eigenvalue weighted by atomic mass is 9.97. The third-order valence-corrected chi connectivity index (χ3v) is 4.16. The van der Waals surface area contributed by atoms with Crippen molar-refractivity contribution in [3.05, 3.63) is 42.1 Å². The van der Waals surface area contributed by atoms with Crippen LogP contribution in [0.15, 0.2) is 36.5 Å². The van der Waals surface area contributed by atoms with E-state index in [4.69, 9.17) is 0 Å². The summed E-state index contributed by atoms with van der Waals surface area (Å²) in [6.45, 7) is 2.66. The average Bonchev–Trinajstić information content (AvgIpc) is 2.54. The number of amides is 1. The van der Waals surface area contributed by atoms with Crippen LogP contribution >= 0.6 is 24.8 Å². The largest absolute Gasteiger partial charge is 0.338 e. The minimum atomic E-state index is 0. The molecule has 1 saturated heterocycles. The summed E-state index contributed by atoms with van der Waals surface area (Å²) >= 11 is 0. The van der Waals surface area contributed by atoms with Gasteiger partial charge in [0.25, 0.3) is 5.91 Å². The third-order valence-electron chi connectivity index (χ3n) is 4.16. The minimum absolute atomic E-state index is 0. The van der Waals surface area contributed by atoms with Gasteiger partial charge in [0.05, 0.1) is 11.1 Å². The van der Waals surface area contributed by atoms with Crippen molar-refractivity contribution in [2.75, 3.05) is 26.7 Å². The number of benzene rings is 1. The van der Waals surface area contributed by atoms with Crippen molar-refractivity contribution in [2.45, 2.75) is 12.8 Å². The topological polar surface area (TPSA) is 45.2 Å². The minimum Gasteiger partial charge on any atom is -0.338 e. The zero-order chi connectivity index (χ0) is 14.7. The van der Waals surface area contributed by atoms with Crippen molar-refractivity contribution < 1.29 is 4.79 Å². The smallest absolute Gasteiger partial charge is 0.256 e. The Balaban J connectivity index is 0.00000132. The molecule has 1 N–H and O–H groups in total. The number of hydrogen-bond donors (Lipinski definition) is 1. The van der Waals surface area contributed by atoms with Gasteiger partial charge in [-0.3, -0.25) is 9.78 Å². The number of para-hydroxylation sites is 1. The Morgan fingerprint density at radius 3 is 2.87 bits per heavy atom. The van der Waals surface area contributed by atoms with Crippen LogP contribution in [-0.4, -0.2) is 42.5 Å². The molecule has 0 spiro atoms. The molecule has 2 heterocycles. The number of piperidine rings is 1. The first-order valence-corrected chi connectivity index (χ1v) is 7.57. The summed E-state index contributed by atoms with van der Waals surface area (Å²) in [4.78, 5) is 19.2. The lowest BCUT2D eigenvalue weighted by molar-refractivity contribution is 0.0676. The first-order valence-electron chi connectivity index (χ1n) is 7.57. The Morgan fingerprint density at radius 1 is 1.30 bits per heavy atom. The summed E-state index contributed by atoms with van der Waals surface area (Å²) in [5.74, 6) is 0.663. The van der Waals surface area contributed by atoms with Crippen LogP contribution in [0.4, 0.5) is 0 Å². The van der Waals surface area contributed by atoms with Crippen LogP contribution in [0.2, 0.25) is 0 Å². The van der Waals surface area contributed by atoms with E-state index in [-0.39, 0.29) is 30.7 Å². The van der Waals surface area contributed by atoms with Crippen LogP contribution < -0.4 is 5.32 Å². The van der Waals surface area contributed by atoms with Crippen molar-refractivity contribution >= 4 is 41.6 Å². The van der Waals surface area contributed by atoms with E-state index in [0.717, 1.165) is 42.5 Å². The Morgan fingerprint density at radius 2 is 2.09 bits per heavy atom. The van der Waals surface area contributed by atoms with Crippen molar-refractivity contribution in [3.8, 4) is 0 Å². The molecule has 126 valence electrons. The first kappa shape index (κ1) is 19.7. The molecule has 0 bridgehead atoms. The predicted octanol–water partition coefficient (Wildman–Crippen LogP) is 3.15. The quantitative estimate of drug-likeness (QED) is 0.919. The molecule has 0 radical (unpaired) electrons. The van der Waals surface area contributed by atoms with E-state index < -0.39 is 0 Å². The fourth-order valence-electron chi connectivity index (χ4n) is 3.15. The number of aromatic nitrogens is 1. The van der Waals surface area contributed by atoms with Crippen molar-refractivity contribution in [2.24, 2.45) is 5.92 Å². The number of fused-ring (bicyclic) bond motifs is 1. The summed E-state index contributed by atoms with van der Waals surface area (Å²) in [7, 11) is 1.97. The summed E-state index contributed by atoms with van der Waals surface area (Å²) in [5.41, 5.74) is 1.53. The van der Waals surface area contributed by atoms with Gasteiger partial charge < -0.3 is 10.2 Å². The number of rotatable bonds is 3. The van der Waals surface area contributed by atoms with Crippen LogP contribution in [0.3, 0.4) is 0 Å². The molecule has 0 saturated carbocycles. The maximum absolute atomic E-state index is 12.8. The van der Waals surface area contributed by atoms with Crippen LogP contribution in [-0.2, 0) is 0 Å². The monoisotopic (exact) mass is 355 g/mol. The molecule has 1 unspecified atom stereocenters. The molecule has 4 nitrogen and oxygen atoms in total. The van der Waals surface area contributed by atoms with Gasteiger partial charge in [0, 0.05) is 24.7 Å². The number of nitrogens with one attached hydrogen (secondary N) is 1. The molecular weight excluding hydrogens is 333 g/mol. The summed E-state index contributed by atoms with van der Waals surface area (Å²) in [6.07, 6.45) is 4.02. The molecule has 0 aliphatic carbocycles. The van der Waals surface area contributed by atoms with Gasteiger partial charge >= 0.3 is 0 Å². The second-order valence-corrected chi connectivity index (χ2v) is 5.70. The number of carbonyl (C=O) groups is 1. The van der Waals surface area contributed by atoms with E-state index in [1.807, 2.05) is 42.3 Å². The third kappa shape index (κ3) is 4.34. The van der Waals surface area contributed by atoms with Gasteiger partial charge in [0.15, 0.2) is 0 Å². The number of carbonyl (C=O) groups excluding carboxylic acids is 1. The lowest BCUT2D eigenvalue weighted by Crippen LogP contribution is -2.42. The van der Waals surface area contributed by atoms with Crippen LogP contribution in [0.1, 0.15) is 23.2 Å². The average molecular weight is 356 g/mol. The molecule has 6 heteroatoms. The zero-order valence-electron chi connectivity index (χ0n) is 13.2. The molecule has 1 aromatic heterocycles. The Kier molecular flexibility index (Phi) is 7.76. The molecule has 1 atom stereocenters. The summed E-state index contributed by atoms with van der Waals surface area (Å²) in [6, 6.07) is 9.73. The highest BCUT2D eigenvalue weighted by Gasteiger charge is 2.25. The van der Waals surface area contributed by atoms with E-state index in [1.165, 1.54) is 6.42 Å². The van der Waals surface area contributed by atoms with Gasteiger partial charge in [0.2, 0.25) is 0 Å². The number of likely N-dealkylation sites (tertiary alicyclic amines) is 1. The van der Waals surface area contributed by atoms with Gasteiger partial charge in [-0.15, -0.1) is 24.8 Å². The molecule has 1 aromatic carbocycles. The van der Waals surface area contributed by atoms with E-state index in [1.54, 1.807) is 6.20 Å². The Hall–Kier alpha value is -1.36. The van der Waals surface area contributed by atoms with Gasteiger partial charge in [-0.1, -0.05) is 18.2 Å². The highest BCUT2D eigenvalue weighted by molar-refractivity contribution is 6.05. The van der Waals surface area contributed by atoms with E-state index in [2.05, 4.69) is 10.3 Å². The van der Waals surface area contributed by atoms with Crippen molar-refractivity contribution in [3.63, 3.8) is 0 Å². The maximum Gasteiger partial charge on any atom is 0.256 e. The second-order valence-electron chi connectivity index (χ2n) is 5.70. The molecule has 1 fully saturated rings. The standard InChI is InChI=1S/C17H21N3O.2ClH/c1-18-11-13-5-4-10-20(12-13)17(21)15-8-2-6-14-7-3-9-19-16(14)15;;/h2-3,6-9,13,18H,4-5,10-12H2,1H3;2*1H.